The SMILES string of the molecule is Cc1c(C(=O)OCC(=O)NCc2ccc(Cl)cc2)sc2nc3n(c(=O)c12)CCC3. The fraction of sp³-hybridized carbons (Fsp3) is 0.300. The van der Waals surface area contributed by atoms with E-state index in [4.69, 9.17) is 16.3 Å². The van der Waals surface area contributed by atoms with E-state index in [9.17, 15) is 14.4 Å². The number of nitrogens with one attached hydrogen (secondary N) is 1. The molecule has 7 nitrogen and oxygen atoms in total. The highest BCUT2D eigenvalue weighted by atomic mass is 35.5. The largest absolute Gasteiger partial charge is 0.451 e. The van der Waals surface area contributed by atoms with E-state index in [1.165, 1.54) is 0 Å². The highest BCUT2D eigenvalue weighted by Gasteiger charge is 2.24. The van der Waals surface area contributed by atoms with Crippen LogP contribution in [0.4, 0.5) is 0 Å². The first kappa shape index (κ1) is 19.6. The molecule has 4 rings (SSSR count). The number of nitrogens with zero attached hydrogens (tertiary/aromatic N) is 2. The maximum absolute atomic E-state index is 12.7. The lowest BCUT2D eigenvalue weighted by molar-refractivity contribution is -0.124. The zero-order valence-electron chi connectivity index (χ0n) is 15.7. The Morgan fingerprint density at radius 2 is 2.07 bits per heavy atom. The molecule has 0 saturated carbocycles. The van der Waals surface area contributed by atoms with Crippen molar-refractivity contribution in [3.63, 3.8) is 0 Å². The summed E-state index contributed by atoms with van der Waals surface area (Å²) in [6.07, 6.45) is 1.66. The number of hydrogen-bond donors (Lipinski definition) is 1. The van der Waals surface area contributed by atoms with Crippen LogP contribution >= 0.6 is 22.9 Å². The van der Waals surface area contributed by atoms with E-state index in [-0.39, 0.29) is 5.56 Å². The molecule has 1 aromatic carbocycles. The number of carbonyl (C=O) groups is 2. The van der Waals surface area contributed by atoms with Crippen LogP contribution in [0.5, 0.6) is 0 Å². The molecule has 3 heterocycles. The number of esters is 1. The van der Waals surface area contributed by atoms with Crippen molar-refractivity contribution in [1.29, 1.82) is 0 Å². The minimum atomic E-state index is -0.628. The molecule has 0 radical (unpaired) electrons. The van der Waals surface area contributed by atoms with Crippen molar-refractivity contribution in [3.8, 4) is 0 Å². The molecule has 3 aromatic rings. The molecule has 0 fully saturated rings. The van der Waals surface area contributed by atoms with Gasteiger partial charge < -0.3 is 10.1 Å². The lowest BCUT2D eigenvalue weighted by Crippen LogP contribution is -2.28. The van der Waals surface area contributed by atoms with Crippen LogP contribution in [0.1, 0.15) is 33.0 Å². The van der Waals surface area contributed by atoms with E-state index in [0.717, 1.165) is 35.6 Å². The van der Waals surface area contributed by atoms with Gasteiger partial charge in [0.25, 0.3) is 11.5 Å². The van der Waals surface area contributed by atoms with Gasteiger partial charge in [0.05, 0.1) is 5.39 Å². The summed E-state index contributed by atoms with van der Waals surface area (Å²) in [7, 11) is 0. The summed E-state index contributed by atoms with van der Waals surface area (Å²) in [6.45, 7) is 2.27. The molecule has 0 bridgehead atoms. The monoisotopic (exact) mass is 431 g/mol. The fourth-order valence-electron chi connectivity index (χ4n) is 3.32. The average molecular weight is 432 g/mol. The highest BCUT2D eigenvalue weighted by molar-refractivity contribution is 7.20. The Morgan fingerprint density at radius 1 is 1.31 bits per heavy atom. The van der Waals surface area contributed by atoms with Gasteiger partial charge in [0.2, 0.25) is 0 Å². The van der Waals surface area contributed by atoms with Crippen molar-refractivity contribution in [2.45, 2.75) is 32.9 Å². The van der Waals surface area contributed by atoms with Crippen LogP contribution in [0.25, 0.3) is 10.2 Å². The van der Waals surface area contributed by atoms with Crippen LogP contribution in [0, 0.1) is 6.92 Å². The number of aryl methyl sites for hydroxylation is 2. The van der Waals surface area contributed by atoms with Crippen molar-refractivity contribution in [2.24, 2.45) is 0 Å². The minimum Gasteiger partial charge on any atom is -0.451 e. The number of halogens is 1. The summed E-state index contributed by atoms with van der Waals surface area (Å²) in [6, 6.07) is 7.08. The van der Waals surface area contributed by atoms with Crippen LogP contribution in [-0.4, -0.2) is 28.0 Å². The third kappa shape index (κ3) is 3.90. The maximum atomic E-state index is 12.7. The lowest BCUT2D eigenvalue weighted by Gasteiger charge is -2.06. The van der Waals surface area contributed by atoms with Crippen LogP contribution in [-0.2, 0) is 29.0 Å². The van der Waals surface area contributed by atoms with E-state index < -0.39 is 18.5 Å². The van der Waals surface area contributed by atoms with Gasteiger partial charge in [-0.05, 0) is 36.6 Å². The summed E-state index contributed by atoms with van der Waals surface area (Å²) < 4.78 is 6.82. The zero-order chi connectivity index (χ0) is 20.5. The van der Waals surface area contributed by atoms with Crippen molar-refractivity contribution in [2.75, 3.05) is 6.61 Å². The Balaban J connectivity index is 1.42. The smallest absolute Gasteiger partial charge is 0.349 e. The third-order valence-electron chi connectivity index (χ3n) is 4.83. The summed E-state index contributed by atoms with van der Waals surface area (Å²) in [5.74, 6) is -0.286. The number of aromatic nitrogens is 2. The van der Waals surface area contributed by atoms with Gasteiger partial charge in [-0.1, -0.05) is 23.7 Å². The average Bonchev–Trinajstić information content (AvgIpc) is 3.31. The third-order valence-corrected chi connectivity index (χ3v) is 6.25. The van der Waals surface area contributed by atoms with Crippen LogP contribution in [0.2, 0.25) is 5.02 Å². The number of carbonyl (C=O) groups excluding carboxylic acids is 2. The van der Waals surface area contributed by atoms with Gasteiger partial charge in [-0.2, -0.15) is 0 Å². The van der Waals surface area contributed by atoms with Gasteiger partial charge in [0, 0.05) is 24.5 Å². The first-order chi connectivity index (χ1) is 13.9. The number of fused-ring (bicyclic) bond motifs is 2. The summed E-state index contributed by atoms with van der Waals surface area (Å²) >= 11 is 6.96. The molecule has 29 heavy (non-hydrogen) atoms. The molecule has 0 saturated heterocycles. The Hall–Kier alpha value is -2.71. The Labute approximate surface area is 175 Å². The normalized spacial score (nSPS) is 12.8. The lowest BCUT2D eigenvalue weighted by atomic mass is 10.2. The number of benzene rings is 1. The minimum absolute atomic E-state index is 0.115. The predicted molar refractivity (Wildman–Crippen MR) is 111 cm³/mol. The molecule has 2 aromatic heterocycles. The Bertz CT molecular complexity index is 1170. The van der Waals surface area contributed by atoms with E-state index >= 15 is 0 Å². The summed E-state index contributed by atoms with van der Waals surface area (Å²) in [5.41, 5.74) is 1.32. The van der Waals surface area contributed by atoms with Gasteiger partial charge in [0.15, 0.2) is 6.61 Å². The molecule has 1 N–H and O–H groups in total. The Kier molecular flexibility index (Phi) is 5.38. The van der Waals surface area contributed by atoms with E-state index in [1.54, 1.807) is 35.8 Å². The number of amides is 1. The van der Waals surface area contributed by atoms with Gasteiger partial charge in [-0.25, -0.2) is 9.78 Å². The van der Waals surface area contributed by atoms with Gasteiger partial charge in [-0.15, -0.1) is 11.3 Å². The van der Waals surface area contributed by atoms with Crippen molar-refractivity contribution in [1.82, 2.24) is 14.9 Å². The Morgan fingerprint density at radius 3 is 2.83 bits per heavy atom. The van der Waals surface area contributed by atoms with Gasteiger partial charge in [-0.3, -0.25) is 14.2 Å². The van der Waals surface area contributed by atoms with Crippen molar-refractivity contribution < 1.29 is 14.3 Å². The maximum Gasteiger partial charge on any atom is 0.349 e. The molecule has 1 aliphatic heterocycles. The second kappa shape index (κ2) is 7.96. The number of ether oxygens (including phenoxy) is 1. The number of hydrogen-bond acceptors (Lipinski definition) is 6. The molecule has 0 aliphatic carbocycles. The molecular formula is C20H18ClN3O4S. The predicted octanol–water partition coefficient (Wildman–Crippen LogP) is 2.84. The first-order valence-corrected chi connectivity index (χ1v) is 10.3. The molecular weight excluding hydrogens is 414 g/mol. The van der Waals surface area contributed by atoms with Gasteiger partial charge >= 0.3 is 5.97 Å². The van der Waals surface area contributed by atoms with Crippen LogP contribution < -0.4 is 10.9 Å². The number of rotatable bonds is 5. The van der Waals surface area contributed by atoms with Crippen LogP contribution in [0.3, 0.4) is 0 Å². The molecule has 9 heteroatoms. The number of thiophene rings is 1. The van der Waals surface area contributed by atoms with Crippen LogP contribution in [0.15, 0.2) is 29.1 Å². The second-order valence-electron chi connectivity index (χ2n) is 6.80. The summed E-state index contributed by atoms with van der Waals surface area (Å²) in [4.78, 5) is 42.5. The van der Waals surface area contributed by atoms with Gasteiger partial charge in [0.1, 0.15) is 15.5 Å². The van der Waals surface area contributed by atoms with Crippen molar-refractivity contribution in [3.05, 3.63) is 61.5 Å². The topological polar surface area (TPSA) is 90.3 Å². The first-order valence-electron chi connectivity index (χ1n) is 9.15. The standard InChI is InChI=1S/C20H18ClN3O4S/c1-11-16-18(23-14-3-2-8-24(14)19(16)26)29-17(11)20(27)28-10-15(25)22-9-12-4-6-13(21)7-5-12/h4-7H,2-3,8-10H2,1H3,(H,22,25). The zero-order valence-corrected chi connectivity index (χ0v) is 17.2. The molecule has 0 unspecified atom stereocenters. The fourth-order valence-corrected chi connectivity index (χ4v) is 4.53. The molecule has 1 amide bonds. The van der Waals surface area contributed by atoms with E-state index in [2.05, 4.69) is 10.3 Å². The van der Waals surface area contributed by atoms with E-state index in [1.807, 2.05) is 0 Å². The van der Waals surface area contributed by atoms with E-state index in [0.29, 0.717) is 38.8 Å². The second-order valence-corrected chi connectivity index (χ2v) is 8.24. The van der Waals surface area contributed by atoms with Crippen molar-refractivity contribution >= 4 is 45.0 Å². The molecule has 150 valence electrons. The molecule has 1 aliphatic rings. The summed E-state index contributed by atoms with van der Waals surface area (Å²) in [5, 5.41) is 3.76. The highest BCUT2D eigenvalue weighted by Crippen LogP contribution is 2.29. The molecule has 0 spiro atoms. The molecule has 0 atom stereocenters. The quantitative estimate of drug-likeness (QED) is 0.627.